The Morgan fingerprint density at radius 1 is 1.13 bits per heavy atom. The highest BCUT2D eigenvalue weighted by Gasteiger charge is 2.23. The third kappa shape index (κ3) is 7.31. The zero-order valence-corrected chi connectivity index (χ0v) is 14.8. The van der Waals surface area contributed by atoms with Crippen LogP contribution >= 0.6 is 0 Å². The van der Waals surface area contributed by atoms with Gasteiger partial charge in [0, 0.05) is 45.6 Å². The zero-order valence-electron chi connectivity index (χ0n) is 14.8. The number of rotatable bonds is 10. The van der Waals surface area contributed by atoms with E-state index in [4.69, 9.17) is 10.5 Å². The van der Waals surface area contributed by atoms with Gasteiger partial charge in [0.25, 0.3) is 0 Å². The van der Waals surface area contributed by atoms with Crippen LogP contribution in [0.5, 0.6) is 0 Å². The number of likely N-dealkylation sites (tertiary alicyclic amines) is 1. The van der Waals surface area contributed by atoms with Crippen LogP contribution in [0.2, 0.25) is 0 Å². The standard InChI is InChI=1S/C17H33N3O3/c1-3-19(4-2)16(21)7-5-8-17(22)20-12-9-15(10-13-20)23-14-6-11-18/h15H,3-14,18H2,1-2H3. The van der Waals surface area contributed by atoms with Gasteiger partial charge < -0.3 is 20.3 Å². The Balaban J connectivity index is 2.18. The summed E-state index contributed by atoms with van der Waals surface area (Å²) in [5, 5.41) is 0. The molecule has 0 saturated carbocycles. The molecule has 0 bridgehead atoms. The third-order valence-corrected chi connectivity index (χ3v) is 4.39. The van der Waals surface area contributed by atoms with Crippen molar-refractivity contribution >= 4 is 11.8 Å². The van der Waals surface area contributed by atoms with Gasteiger partial charge in [-0.2, -0.15) is 0 Å². The van der Waals surface area contributed by atoms with Gasteiger partial charge in [-0.3, -0.25) is 9.59 Å². The van der Waals surface area contributed by atoms with E-state index in [2.05, 4.69) is 0 Å². The highest BCUT2D eigenvalue weighted by molar-refractivity contribution is 5.79. The predicted octanol–water partition coefficient (Wildman–Crippen LogP) is 1.38. The largest absolute Gasteiger partial charge is 0.378 e. The first-order valence-corrected chi connectivity index (χ1v) is 8.99. The maximum Gasteiger partial charge on any atom is 0.222 e. The van der Waals surface area contributed by atoms with Crippen molar-refractivity contribution in [3.8, 4) is 0 Å². The highest BCUT2D eigenvalue weighted by Crippen LogP contribution is 2.15. The normalized spacial score (nSPS) is 15.7. The van der Waals surface area contributed by atoms with Crippen LogP contribution in [-0.2, 0) is 14.3 Å². The van der Waals surface area contributed by atoms with Crippen molar-refractivity contribution in [2.75, 3.05) is 39.3 Å². The molecule has 1 aliphatic heterocycles. The fourth-order valence-corrected chi connectivity index (χ4v) is 2.89. The van der Waals surface area contributed by atoms with E-state index < -0.39 is 0 Å². The average molecular weight is 327 g/mol. The number of amides is 2. The van der Waals surface area contributed by atoms with Crippen LogP contribution in [0.1, 0.15) is 52.4 Å². The minimum atomic E-state index is 0.148. The van der Waals surface area contributed by atoms with Crippen LogP contribution in [-0.4, -0.2) is 67.0 Å². The van der Waals surface area contributed by atoms with Gasteiger partial charge in [0.15, 0.2) is 0 Å². The molecule has 134 valence electrons. The fraction of sp³-hybridized carbons (Fsp3) is 0.882. The molecule has 0 atom stereocenters. The maximum absolute atomic E-state index is 12.2. The predicted molar refractivity (Wildman–Crippen MR) is 91.0 cm³/mol. The van der Waals surface area contributed by atoms with Gasteiger partial charge >= 0.3 is 0 Å². The second-order valence-electron chi connectivity index (χ2n) is 6.01. The monoisotopic (exact) mass is 327 g/mol. The molecule has 1 heterocycles. The molecule has 2 N–H and O–H groups in total. The minimum absolute atomic E-state index is 0.148. The maximum atomic E-state index is 12.2. The molecule has 0 aromatic carbocycles. The SMILES string of the molecule is CCN(CC)C(=O)CCCC(=O)N1CCC(OCCCN)CC1. The summed E-state index contributed by atoms with van der Waals surface area (Å²) in [5.41, 5.74) is 5.45. The molecule has 1 rings (SSSR count). The number of carbonyl (C=O) groups excluding carboxylic acids is 2. The van der Waals surface area contributed by atoms with E-state index in [1.165, 1.54) is 0 Å². The van der Waals surface area contributed by atoms with Crippen molar-refractivity contribution in [1.29, 1.82) is 0 Å². The zero-order chi connectivity index (χ0) is 17.1. The lowest BCUT2D eigenvalue weighted by molar-refractivity contribution is -0.134. The molecule has 23 heavy (non-hydrogen) atoms. The van der Waals surface area contributed by atoms with Crippen LogP contribution in [0.15, 0.2) is 0 Å². The Hall–Kier alpha value is -1.14. The summed E-state index contributed by atoms with van der Waals surface area (Å²) >= 11 is 0. The van der Waals surface area contributed by atoms with Crippen LogP contribution in [0.3, 0.4) is 0 Å². The van der Waals surface area contributed by atoms with E-state index in [1.807, 2.05) is 23.6 Å². The number of ether oxygens (including phenoxy) is 1. The summed E-state index contributed by atoms with van der Waals surface area (Å²) in [4.78, 5) is 27.8. The van der Waals surface area contributed by atoms with Gasteiger partial charge in [-0.25, -0.2) is 0 Å². The Labute approximate surface area is 140 Å². The second kappa shape index (κ2) is 11.4. The van der Waals surface area contributed by atoms with E-state index in [9.17, 15) is 9.59 Å². The first kappa shape index (κ1) is 19.9. The number of hydrogen-bond acceptors (Lipinski definition) is 4. The Morgan fingerprint density at radius 2 is 1.78 bits per heavy atom. The van der Waals surface area contributed by atoms with Crippen molar-refractivity contribution in [3.63, 3.8) is 0 Å². The molecule has 6 heteroatoms. The quantitative estimate of drug-likeness (QED) is 0.615. The van der Waals surface area contributed by atoms with E-state index >= 15 is 0 Å². The summed E-state index contributed by atoms with van der Waals surface area (Å²) in [6, 6.07) is 0. The van der Waals surface area contributed by atoms with Gasteiger partial charge in [-0.15, -0.1) is 0 Å². The molecule has 0 aromatic rings. The van der Waals surface area contributed by atoms with Gasteiger partial charge in [0.2, 0.25) is 11.8 Å². The summed E-state index contributed by atoms with van der Waals surface area (Å²) in [6.45, 7) is 8.32. The molecule has 0 aromatic heterocycles. The fourth-order valence-electron chi connectivity index (χ4n) is 2.89. The third-order valence-electron chi connectivity index (χ3n) is 4.39. The van der Waals surface area contributed by atoms with Crippen molar-refractivity contribution in [2.45, 2.75) is 58.5 Å². The Kier molecular flexibility index (Phi) is 9.87. The molecule has 0 radical (unpaired) electrons. The van der Waals surface area contributed by atoms with Crippen LogP contribution < -0.4 is 5.73 Å². The lowest BCUT2D eigenvalue weighted by atomic mass is 10.1. The minimum Gasteiger partial charge on any atom is -0.378 e. The van der Waals surface area contributed by atoms with Gasteiger partial charge in [-0.1, -0.05) is 0 Å². The van der Waals surface area contributed by atoms with E-state index in [0.717, 1.165) is 45.4 Å². The Morgan fingerprint density at radius 3 is 2.35 bits per heavy atom. The number of nitrogens with zero attached hydrogens (tertiary/aromatic N) is 2. The van der Waals surface area contributed by atoms with Gasteiger partial charge in [-0.05, 0) is 46.1 Å². The molecule has 2 amide bonds. The van der Waals surface area contributed by atoms with Crippen molar-refractivity contribution in [3.05, 3.63) is 0 Å². The molecule has 1 saturated heterocycles. The van der Waals surface area contributed by atoms with E-state index in [0.29, 0.717) is 32.4 Å². The molecular formula is C17H33N3O3. The highest BCUT2D eigenvalue weighted by atomic mass is 16.5. The smallest absolute Gasteiger partial charge is 0.222 e. The topological polar surface area (TPSA) is 75.9 Å². The lowest BCUT2D eigenvalue weighted by Crippen LogP contribution is -2.41. The first-order chi connectivity index (χ1) is 11.1. The van der Waals surface area contributed by atoms with Crippen molar-refractivity contribution in [2.24, 2.45) is 5.73 Å². The van der Waals surface area contributed by atoms with Crippen LogP contribution in [0, 0.1) is 0 Å². The summed E-state index contributed by atoms with van der Waals surface area (Å²) in [6.07, 6.45) is 4.51. The first-order valence-electron chi connectivity index (χ1n) is 8.99. The molecule has 1 aliphatic rings. The number of piperidine rings is 1. The van der Waals surface area contributed by atoms with E-state index in [1.54, 1.807) is 0 Å². The average Bonchev–Trinajstić information content (AvgIpc) is 2.56. The van der Waals surface area contributed by atoms with E-state index in [-0.39, 0.29) is 17.9 Å². The van der Waals surface area contributed by atoms with Crippen LogP contribution in [0.25, 0.3) is 0 Å². The molecule has 0 unspecified atom stereocenters. The molecule has 0 spiro atoms. The van der Waals surface area contributed by atoms with Crippen LogP contribution in [0.4, 0.5) is 0 Å². The summed E-state index contributed by atoms with van der Waals surface area (Å²) in [7, 11) is 0. The number of hydrogen-bond donors (Lipinski definition) is 1. The Bertz CT molecular complexity index is 351. The molecule has 1 fully saturated rings. The molecular weight excluding hydrogens is 294 g/mol. The summed E-state index contributed by atoms with van der Waals surface area (Å²) < 4.78 is 5.75. The summed E-state index contributed by atoms with van der Waals surface area (Å²) in [5.74, 6) is 0.313. The lowest BCUT2D eigenvalue weighted by Gasteiger charge is -2.32. The number of carbonyl (C=O) groups is 2. The van der Waals surface area contributed by atoms with Gasteiger partial charge in [0.05, 0.1) is 6.10 Å². The van der Waals surface area contributed by atoms with Crippen molar-refractivity contribution < 1.29 is 14.3 Å². The number of nitrogens with two attached hydrogens (primary N) is 1. The molecule has 6 nitrogen and oxygen atoms in total. The molecule has 0 aliphatic carbocycles. The van der Waals surface area contributed by atoms with Crippen molar-refractivity contribution in [1.82, 2.24) is 9.80 Å². The van der Waals surface area contributed by atoms with Gasteiger partial charge in [0.1, 0.15) is 0 Å². The second-order valence-corrected chi connectivity index (χ2v) is 6.01.